The van der Waals surface area contributed by atoms with Crippen LogP contribution >= 0.6 is 15.9 Å². The monoisotopic (exact) mass is 341 g/mol. The van der Waals surface area contributed by atoms with Crippen molar-refractivity contribution in [2.75, 3.05) is 13.1 Å². The smallest absolute Gasteiger partial charge is 0.283 e. The van der Waals surface area contributed by atoms with Crippen molar-refractivity contribution in [1.82, 2.24) is 4.90 Å². The molecule has 1 aromatic rings. The fourth-order valence-corrected chi connectivity index (χ4v) is 3.15. The van der Waals surface area contributed by atoms with Gasteiger partial charge in [-0.15, -0.1) is 0 Å². The quantitative estimate of drug-likeness (QED) is 0.675. The Morgan fingerprint density at radius 1 is 1.55 bits per heavy atom. The van der Waals surface area contributed by atoms with Gasteiger partial charge in [-0.2, -0.15) is 0 Å². The Hall–Kier alpha value is -0.980. The number of halogens is 1. The van der Waals surface area contributed by atoms with E-state index in [9.17, 15) is 10.1 Å². The van der Waals surface area contributed by atoms with Gasteiger partial charge in [0.25, 0.3) is 5.69 Å². The van der Waals surface area contributed by atoms with Gasteiger partial charge < -0.3 is 5.73 Å². The van der Waals surface area contributed by atoms with Gasteiger partial charge in [-0.3, -0.25) is 15.0 Å². The van der Waals surface area contributed by atoms with Crippen molar-refractivity contribution in [2.24, 2.45) is 11.7 Å². The molecule has 2 rings (SSSR count). The summed E-state index contributed by atoms with van der Waals surface area (Å²) >= 11 is 3.21. The molecule has 1 aliphatic rings. The van der Waals surface area contributed by atoms with Gasteiger partial charge >= 0.3 is 0 Å². The summed E-state index contributed by atoms with van der Waals surface area (Å²) in [7, 11) is 0. The number of benzene rings is 1. The molecule has 2 N–H and O–H groups in total. The van der Waals surface area contributed by atoms with Gasteiger partial charge in [-0.1, -0.05) is 19.4 Å². The van der Waals surface area contributed by atoms with Gasteiger partial charge in [0.1, 0.15) is 0 Å². The van der Waals surface area contributed by atoms with Crippen LogP contribution in [0.25, 0.3) is 0 Å². The number of likely N-dealkylation sites (tertiary alicyclic amines) is 1. The van der Waals surface area contributed by atoms with E-state index in [2.05, 4.69) is 27.8 Å². The molecule has 1 heterocycles. The van der Waals surface area contributed by atoms with Crippen molar-refractivity contribution in [1.29, 1.82) is 0 Å². The summed E-state index contributed by atoms with van der Waals surface area (Å²) in [4.78, 5) is 12.9. The number of rotatable bonds is 4. The molecular formula is C14H20BrN3O2. The predicted molar refractivity (Wildman–Crippen MR) is 82.4 cm³/mol. The molecule has 110 valence electrons. The summed E-state index contributed by atoms with van der Waals surface area (Å²) in [5, 5.41) is 11.0. The van der Waals surface area contributed by atoms with E-state index in [4.69, 9.17) is 5.73 Å². The number of piperidine rings is 1. The average molecular weight is 342 g/mol. The van der Waals surface area contributed by atoms with E-state index in [1.165, 1.54) is 0 Å². The highest BCUT2D eigenvalue weighted by molar-refractivity contribution is 9.10. The lowest BCUT2D eigenvalue weighted by atomic mass is 9.90. The van der Waals surface area contributed by atoms with Crippen LogP contribution in [0.5, 0.6) is 0 Å². The van der Waals surface area contributed by atoms with Crippen LogP contribution in [0, 0.1) is 16.0 Å². The molecule has 0 aliphatic carbocycles. The first kappa shape index (κ1) is 15.4. The topological polar surface area (TPSA) is 72.4 Å². The molecule has 0 bridgehead atoms. The van der Waals surface area contributed by atoms with E-state index < -0.39 is 0 Å². The third kappa shape index (κ3) is 3.56. The molecular weight excluding hydrogens is 322 g/mol. The summed E-state index contributed by atoms with van der Waals surface area (Å²) < 4.78 is 0.526. The second-order valence-electron chi connectivity index (χ2n) is 5.40. The van der Waals surface area contributed by atoms with Crippen LogP contribution in [-0.2, 0) is 6.54 Å². The maximum Gasteiger partial charge on any atom is 0.283 e. The highest BCUT2D eigenvalue weighted by Crippen LogP contribution is 2.27. The first-order valence-corrected chi connectivity index (χ1v) is 7.71. The first-order valence-electron chi connectivity index (χ1n) is 6.92. The maximum atomic E-state index is 11.0. The second-order valence-corrected chi connectivity index (χ2v) is 6.25. The lowest BCUT2D eigenvalue weighted by Gasteiger charge is -2.36. The predicted octanol–water partition coefficient (Wildman–Crippen LogP) is 2.92. The van der Waals surface area contributed by atoms with Gasteiger partial charge in [0.05, 0.1) is 9.40 Å². The SMILES string of the molecule is CCC1CN(Cc2ccc(Br)c([N+](=O)[O-])c2)CCC1N. The van der Waals surface area contributed by atoms with Crippen LogP contribution < -0.4 is 5.73 Å². The van der Waals surface area contributed by atoms with Crippen molar-refractivity contribution >= 4 is 21.6 Å². The van der Waals surface area contributed by atoms with Crippen LogP contribution in [0.15, 0.2) is 22.7 Å². The van der Waals surface area contributed by atoms with E-state index in [1.807, 2.05) is 6.07 Å². The average Bonchev–Trinajstić information content (AvgIpc) is 2.42. The Labute approximate surface area is 127 Å². The van der Waals surface area contributed by atoms with Gasteiger partial charge in [0.15, 0.2) is 0 Å². The molecule has 0 saturated carbocycles. The van der Waals surface area contributed by atoms with Gasteiger partial charge in [0.2, 0.25) is 0 Å². The summed E-state index contributed by atoms with van der Waals surface area (Å²) in [6.07, 6.45) is 2.08. The summed E-state index contributed by atoms with van der Waals surface area (Å²) in [5.74, 6) is 0.522. The zero-order valence-corrected chi connectivity index (χ0v) is 13.2. The first-order chi connectivity index (χ1) is 9.51. The standard InChI is InChI=1S/C14H20BrN3O2/c1-2-11-9-17(6-5-13(11)16)8-10-3-4-12(15)14(7-10)18(19)20/h3-4,7,11,13H,2,5-6,8-9,16H2,1H3. The number of nitro groups is 1. The van der Waals surface area contributed by atoms with E-state index in [-0.39, 0.29) is 16.7 Å². The molecule has 0 radical (unpaired) electrons. The molecule has 1 fully saturated rings. The fourth-order valence-electron chi connectivity index (χ4n) is 2.76. The summed E-state index contributed by atoms with van der Waals surface area (Å²) in [6, 6.07) is 5.63. The molecule has 20 heavy (non-hydrogen) atoms. The van der Waals surface area contributed by atoms with Crippen molar-refractivity contribution in [3.05, 3.63) is 38.3 Å². The minimum Gasteiger partial charge on any atom is -0.327 e. The van der Waals surface area contributed by atoms with Crippen molar-refractivity contribution in [3.63, 3.8) is 0 Å². The van der Waals surface area contributed by atoms with Gasteiger partial charge in [-0.25, -0.2) is 0 Å². The van der Waals surface area contributed by atoms with E-state index in [0.717, 1.165) is 38.0 Å². The number of hydrogen-bond donors (Lipinski definition) is 1. The molecule has 2 unspecified atom stereocenters. The Kier molecular flexibility index (Phi) is 5.12. The molecule has 1 aliphatic heterocycles. The molecule has 2 atom stereocenters. The molecule has 1 aromatic carbocycles. The molecule has 0 aromatic heterocycles. The van der Waals surface area contributed by atoms with Crippen molar-refractivity contribution < 1.29 is 4.92 Å². The third-order valence-corrected chi connectivity index (χ3v) is 4.69. The molecule has 5 nitrogen and oxygen atoms in total. The zero-order chi connectivity index (χ0) is 14.7. The van der Waals surface area contributed by atoms with E-state index >= 15 is 0 Å². The molecule has 0 amide bonds. The lowest BCUT2D eigenvalue weighted by Crippen LogP contribution is -2.46. The number of nitrogens with zero attached hydrogens (tertiary/aromatic N) is 2. The number of hydrogen-bond acceptors (Lipinski definition) is 4. The van der Waals surface area contributed by atoms with Crippen LogP contribution in [0.1, 0.15) is 25.3 Å². The van der Waals surface area contributed by atoms with E-state index in [0.29, 0.717) is 10.4 Å². The largest absolute Gasteiger partial charge is 0.327 e. The van der Waals surface area contributed by atoms with Crippen molar-refractivity contribution in [2.45, 2.75) is 32.4 Å². The van der Waals surface area contributed by atoms with E-state index in [1.54, 1.807) is 12.1 Å². The van der Waals surface area contributed by atoms with Gasteiger partial charge in [0, 0.05) is 25.2 Å². The van der Waals surface area contributed by atoms with Crippen LogP contribution in [0.4, 0.5) is 5.69 Å². The molecule has 1 saturated heterocycles. The minimum atomic E-state index is -0.353. The minimum absolute atomic E-state index is 0.128. The molecule has 0 spiro atoms. The third-order valence-electron chi connectivity index (χ3n) is 4.01. The Bertz CT molecular complexity index is 495. The summed E-state index contributed by atoms with van der Waals surface area (Å²) in [5.41, 5.74) is 7.21. The molecule has 6 heteroatoms. The lowest BCUT2D eigenvalue weighted by molar-refractivity contribution is -0.385. The Morgan fingerprint density at radius 3 is 2.95 bits per heavy atom. The number of nitro benzene ring substituents is 1. The summed E-state index contributed by atoms with van der Waals surface area (Å²) in [6.45, 7) is 4.85. The maximum absolute atomic E-state index is 11.0. The fraction of sp³-hybridized carbons (Fsp3) is 0.571. The van der Waals surface area contributed by atoms with Crippen LogP contribution in [-0.4, -0.2) is 29.0 Å². The Balaban J connectivity index is 2.07. The van der Waals surface area contributed by atoms with Crippen LogP contribution in [0.3, 0.4) is 0 Å². The van der Waals surface area contributed by atoms with Gasteiger partial charge in [-0.05, 0) is 46.4 Å². The number of nitrogens with two attached hydrogens (primary N) is 1. The highest BCUT2D eigenvalue weighted by atomic mass is 79.9. The highest BCUT2D eigenvalue weighted by Gasteiger charge is 2.25. The van der Waals surface area contributed by atoms with Crippen molar-refractivity contribution in [3.8, 4) is 0 Å². The Morgan fingerprint density at radius 2 is 2.30 bits per heavy atom. The second kappa shape index (κ2) is 6.65. The zero-order valence-electron chi connectivity index (χ0n) is 11.6. The normalized spacial score (nSPS) is 23.8. The van der Waals surface area contributed by atoms with Crippen LogP contribution in [0.2, 0.25) is 0 Å².